The molecule has 1 aromatic carbocycles. The van der Waals surface area contributed by atoms with Crippen LogP contribution in [0.15, 0.2) is 54.9 Å². The van der Waals surface area contributed by atoms with Crippen LogP contribution < -0.4 is 5.73 Å². The molecule has 0 radical (unpaired) electrons. The van der Waals surface area contributed by atoms with Gasteiger partial charge < -0.3 is 5.73 Å². The van der Waals surface area contributed by atoms with Crippen LogP contribution in [-0.4, -0.2) is 9.97 Å². The molecule has 94 valence electrons. The minimum atomic E-state index is -0.155. The van der Waals surface area contributed by atoms with Crippen LogP contribution in [0.2, 0.25) is 0 Å². The van der Waals surface area contributed by atoms with Gasteiger partial charge in [-0.3, -0.25) is 9.97 Å². The normalized spacial score (nSPS) is 12.5. The molecule has 2 heterocycles. The van der Waals surface area contributed by atoms with Crippen LogP contribution >= 0.6 is 0 Å². The Labute approximate surface area is 112 Å². The molecular formula is C16H15N3. The minimum absolute atomic E-state index is 0.155. The lowest BCUT2D eigenvalue weighted by atomic mass is 9.99. The number of rotatable bonds is 2. The Morgan fingerprint density at radius 1 is 1.00 bits per heavy atom. The molecular weight excluding hydrogens is 234 g/mol. The minimum Gasteiger partial charge on any atom is -0.320 e. The van der Waals surface area contributed by atoms with Crippen LogP contribution in [0.5, 0.6) is 0 Å². The molecule has 0 saturated carbocycles. The highest BCUT2D eigenvalue weighted by atomic mass is 14.7. The molecule has 2 N–H and O–H groups in total. The highest BCUT2D eigenvalue weighted by Crippen LogP contribution is 2.22. The number of nitrogens with two attached hydrogens (primary N) is 1. The third-order valence-corrected chi connectivity index (χ3v) is 3.28. The molecule has 0 saturated heterocycles. The molecule has 2 aromatic heterocycles. The van der Waals surface area contributed by atoms with Crippen molar-refractivity contribution in [3.05, 3.63) is 71.7 Å². The summed E-state index contributed by atoms with van der Waals surface area (Å²) < 4.78 is 0. The van der Waals surface area contributed by atoms with Gasteiger partial charge in [0.15, 0.2) is 0 Å². The van der Waals surface area contributed by atoms with Gasteiger partial charge >= 0.3 is 0 Å². The summed E-state index contributed by atoms with van der Waals surface area (Å²) in [6.45, 7) is 1.97. The van der Waals surface area contributed by atoms with Gasteiger partial charge in [-0.2, -0.15) is 0 Å². The first-order valence-corrected chi connectivity index (χ1v) is 6.27. The zero-order valence-corrected chi connectivity index (χ0v) is 10.7. The molecule has 0 aliphatic carbocycles. The number of aryl methyl sites for hydroxylation is 1. The SMILES string of the molecule is Cc1ccc(C(N)c2ccc3ncccc3c2)cn1. The third-order valence-electron chi connectivity index (χ3n) is 3.28. The number of fused-ring (bicyclic) bond motifs is 1. The molecule has 0 bridgehead atoms. The van der Waals surface area contributed by atoms with Crippen LogP contribution in [0, 0.1) is 6.92 Å². The number of hydrogen-bond donors (Lipinski definition) is 1. The summed E-state index contributed by atoms with van der Waals surface area (Å²) in [5.41, 5.74) is 10.4. The van der Waals surface area contributed by atoms with Gasteiger partial charge in [0.05, 0.1) is 11.6 Å². The van der Waals surface area contributed by atoms with Crippen molar-refractivity contribution in [3.8, 4) is 0 Å². The Morgan fingerprint density at radius 2 is 1.84 bits per heavy atom. The average Bonchev–Trinajstić information content (AvgIpc) is 2.47. The van der Waals surface area contributed by atoms with Gasteiger partial charge in [-0.15, -0.1) is 0 Å². The van der Waals surface area contributed by atoms with Crippen molar-refractivity contribution in [3.63, 3.8) is 0 Å². The third kappa shape index (κ3) is 2.33. The Balaban J connectivity index is 2.01. The fraction of sp³-hybridized carbons (Fsp3) is 0.125. The van der Waals surface area contributed by atoms with Crippen LogP contribution in [0.3, 0.4) is 0 Å². The zero-order chi connectivity index (χ0) is 13.2. The summed E-state index contributed by atoms with van der Waals surface area (Å²) in [6.07, 6.45) is 3.64. The Bertz CT molecular complexity index is 705. The van der Waals surface area contributed by atoms with Crippen molar-refractivity contribution in [2.24, 2.45) is 5.73 Å². The lowest BCUT2D eigenvalue weighted by Crippen LogP contribution is -2.12. The van der Waals surface area contributed by atoms with E-state index in [9.17, 15) is 0 Å². The largest absolute Gasteiger partial charge is 0.320 e. The molecule has 3 aromatic rings. The number of aromatic nitrogens is 2. The van der Waals surface area contributed by atoms with Gasteiger partial charge in [0.25, 0.3) is 0 Å². The number of nitrogens with zero attached hydrogens (tertiary/aromatic N) is 2. The summed E-state index contributed by atoms with van der Waals surface area (Å²) in [4.78, 5) is 8.61. The lowest BCUT2D eigenvalue weighted by molar-refractivity contribution is 0.862. The van der Waals surface area contributed by atoms with Crippen molar-refractivity contribution < 1.29 is 0 Å². The van der Waals surface area contributed by atoms with E-state index >= 15 is 0 Å². The molecule has 3 nitrogen and oxygen atoms in total. The quantitative estimate of drug-likeness (QED) is 0.759. The van der Waals surface area contributed by atoms with Gasteiger partial charge in [-0.05, 0) is 42.3 Å². The van der Waals surface area contributed by atoms with Crippen molar-refractivity contribution >= 4 is 10.9 Å². The summed E-state index contributed by atoms with van der Waals surface area (Å²) in [5, 5.41) is 1.11. The van der Waals surface area contributed by atoms with E-state index in [0.717, 1.165) is 27.7 Å². The maximum Gasteiger partial charge on any atom is 0.0702 e. The second-order valence-corrected chi connectivity index (χ2v) is 4.67. The molecule has 1 unspecified atom stereocenters. The molecule has 0 aliphatic heterocycles. The Hall–Kier alpha value is -2.26. The van der Waals surface area contributed by atoms with E-state index in [1.54, 1.807) is 6.20 Å². The molecule has 19 heavy (non-hydrogen) atoms. The second kappa shape index (κ2) is 4.78. The van der Waals surface area contributed by atoms with Crippen molar-refractivity contribution in [1.29, 1.82) is 0 Å². The van der Waals surface area contributed by atoms with Gasteiger partial charge in [-0.1, -0.05) is 18.2 Å². The molecule has 0 aliphatic rings. The fourth-order valence-corrected chi connectivity index (χ4v) is 2.14. The molecule has 1 atom stereocenters. The number of hydrogen-bond acceptors (Lipinski definition) is 3. The highest BCUT2D eigenvalue weighted by molar-refractivity contribution is 5.79. The van der Waals surface area contributed by atoms with Crippen LogP contribution in [-0.2, 0) is 0 Å². The molecule has 3 rings (SSSR count). The predicted octanol–water partition coefficient (Wildman–Crippen LogP) is 2.99. The monoisotopic (exact) mass is 249 g/mol. The van der Waals surface area contributed by atoms with E-state index in [4.69, 9.17) is 5.73 Å². The molecule has 0 spiro atoms. The van der Waals surface area contributed by atoms with Gasteiger partial charge in [0.2, 0.25) is 0 Å². The fourth-order valence-electron chi connectivity index (χ4n) is 2.14. The summed E-state index contributed by atoms with van der Waals surface area (Å²) in [7, 11) is 0. The smallest absolute Gasteiger partial charge is 0.0702 e. The average molecular weight is 249 g/mol. The van der Waals surface area contributed by atoms with E-state index < -0.39 is 0 Å². The van der Waals surface area contributed by atoms with Crippen LogP contribution in [0.4, 0.5) is 0 Å². The zero-order valence-electron chi connectivity index (χ0n) is 10.7. The van der Waals surface area contributed by atoms with Gasteiger partial charge in [-0.25, -0.2) is 0 Å². The topological polar surface area (TPSA) is 51.8 Å². The van der Waals surface area contributed by atoms with Crippen LogP contribution in [0.1, 0.15) is 22.9 Å². The predicted molar refractivity (Wildman–Crippen MR) is 76.7 cm³/mol. The second-order valence-electron chi connectivity index (χ2n) is 4.67. The first-order valence-electron chi connectivity index (χ1n) is 6.27. The van der Waals surface area contributed by atoms with E-state index in [1.165, 1.54) is 0 Å². The summed E-state index contributed by atoms with van der Waals surface area (Å²) in [5.74, 6) is 0. The maximum absolute atomic E-state index is 6.30. The van der Waals surface area contributed by atoms with E-state index in [1.807, 2.05) is 49.5 Å². The number of benzene rings is 1. The Kier molecular flexibility index (Phi) is 2.97. The highest BCUT2D eigenvalue weighted by Gasteiger charge is 2.09. The maximum atomic E-state index is 6.30. The summed E-state index contributed by atoms with van der Waals surface area (Å²) >= 11 is 0. The Morgan fingerprint density at radius 3 is 2.63 bits per heavy atom. The lowest BCUT2D eigenvalue weighted by Gasteiger charge is -2.13. The van der Waals surface area contributed by atoms with E-state index in [0.29, 0.717) is 0 Å². The molecule has 3 heteroatoms. The van der Waals surface area contributed by atoms with E-state index in [2.05, 4.69) is 16.0 Å². The molecule has 0 fully saturated rings. The van der Waals surface area contributed by atoms with Crippen molar-refractivity contribution in [2.45, 2.75) is 13.0 Å². The van der Waals surface area contributed by atoms with Crippen molar-refractivity contribution in [1.82, 2.24) is 9.97 Å². The van der Waals surface area contributed by atoms with Gasteiger partial charge in [0.1, 0.15) is 0 Å². The summed E-state index contributed by atoms with van der Waals surface area (Å²) in [6, 6.07) is 14.0. The number of pyridine rings is 2. The first kappa shape index (κ1) is 11.8. The van der Waals surface area contributed by atoms with E-state index in [-0.39, 0.29) is 6.04 Å². The molecule has 0 amide bonds. The standard InChI is InChI=1S/C16H15N3/c1-11-4-5-14(10-19-11)16(17)13-6-7-15-12(9-13)3-2-8-18-15/h2-10,16H,17H2,1H3. The van der Waals surface area contributed by atoms with Gasteiger partial charge in [0, 0.05) is 23.5 Å². The first-order chi connectivity index (χ1) is 9.24. The van der Waals surface area contributed by atoms with Crippen molar-refractivity contribution in [2.75, 3.05) is 0 Å². The van der Waals surface area contributed by atoms with Crippen LogP contribution in [0.25, 0.3) is 10.9 Å².